The van der Waals surface area contributed by atoms with Crippen molar-refractivity contribution in [2.45, 2.75) is 51.7 Å². The third-order valence-corrected chi connectivity index (χ3v) is 3.99. The lowest BCUT2D eigenvalue weighted by Crippen LogP contribution is -2.47. The highest BCUT2D eigenvalue weighted by Gasteiger charge is 2.56. The zero-order valence-corrected chi connectivity index (χ0v) is 13.3. The summed E-state index contributed by atoms with van der Waals surface area (Å²) in [6, 6.07) is -1.08. The van der Waals surface area contributed by atoms with Crippen LogP contribution in [0.5, 0.6) is 0 Å². The van der Waals surface area contributed by atoms with E-state index in [-0.39, 0.29) is 12.2 Å². The third-order valence-electron chi connectivity index (χ3n) is 3.99. The van der Waals surface area contributed by atoms with Crippen molar-refractivity contribution in [3.8, 4) is 0 Å². The van der Waals surface area contributed by atoms with Gasteiger partial charge in [-0.25, -0.2) is 14.5 Å². The fraction of sp³-hybridized carbons (Fsp3) is 0.733. The van der Waals surface area contributed by atoms with Crippen LogP contribution in [-0.4, -0.2) is 47.4 Å². The summed E-state index contributed by atoms with van der Waals surface area (Å²) in [5, 5.41) is 0. The number of carbonyl (C=O) groups excluding carboxylic acids is 4. The van der Waals surface area contributed by atoms with Crippen molar-refractivity contribution < 1.29 is 28.7 Å². The fourth-order valence-corrected chi connectivity index (χ4v) is 3.10. The average molecular weight is 311 g/mol. The largest absolute Gasteiger partial charge is 0.467 e. The number of imide groups is 1. The van der Waals surface area contributed by atoms with Crippen molar-refractivity contribution in [3.05, 3.63) is 0 Å². The number of ether oxygens (including phenoxy) is 2. The van der Waals surface area contributed by atoms with Gasteiger partial charge in [0.05, 0.1) is 7.11 Å². The van der Waals surface area contributed by atoms with Gasteiger partial charge in [0.1, 0.15) is 17.4 Å². The summed E-state index contributed by atoms with van der Waals surface area (Å²) in [4.78, 5) is 49.4. The number of rotatable bonds is 1. The third kappa shape index (κ3) is 2.98. The molecule has 2 rings (SSSR count). The van der Waals surface area contributed by atoms with Gasteiger partial charge in [-0.05, 0) is 27.2 Å². The van der Waals surface area contributed by atoms with E-state index in [2.05, 4.69) is 0 Å². The van der Waals surface area contributed by atoms with Crippen molar-refractivity contribution in [1.29, 1.82) is 0 Å². The number of Topliss-reactive ketones (excluding diaryl/α,β-unsaturated/α-hetero) is 1. The Bertz CT molecular complexity index is 521. The first kappa shape index (κ1) is 16.5. The Morgan fingerprint density at radius 1 is 1.23 bits per heavy atom. The number of likely N-dealkylation sites (tertiary alicyclic amines) is 1. The fourth-order valence-electron chi connectivity index (χ4n) is 3.10. The predicted octanol–water partition coefficient (Wildman–Crippen LogP) is 1.29. The first-order chi connectivity index (χ1) is 10.2. The molecule has 0 aromatic carbocycles. The molecule has 0 radical (unpaired) electrons. The molecule has 0 bridgehead atoms. The molecular formula is C15H21NO6. The Labute approximate surface area is 128 Å². The summed E-state index contributed by atoms with van der Waals surface area (Å²) in [5.41, 5.74) is -0.790. The van der Waals surface area contributed by atoms with E-state index in [0.717, 1.165) is 4.90 Å². The zero-order chi connectivity index (χ0) is 16.7. The maximum atomic E-state index is 12.5. The van der Waals surface area contributed by atoms with Gasteiger partial charge in [-0.2, -0.15) is 0 Å². The van der Waals surface area contributed by atoms with E-state index in [1.165, 1.54) is 7.11 Å². The summed E-state index contributed by atoms with van der Waals surface area (Å²) in [7, 11) is 1.19. The highest BCUT2D eigenvalue weighted by molar-refractivity contribution is 6.02. The number of nitrogens with zero attached hydrogens (tertiary/aromatic N) is 1. The van der Waals surface area contributed by atoms with E-state index in [0.29, 0.717) is 12.8 Å². The van der Waals surface area contributed by atoms with Crippen LogP contribution in [0.1, 0.15) is 40.0 Å². The average Bonchev–Trinajstić information content (AvgIpc) is 2.68. The van der Waals surface area contributed by atoms with E-state index in [1.54, 1.807) is 20.8 Å². The van der Waals surface area contributed by atoms with Gasteiger partial charge in [0.2, 0.25) is 5.91 Å². The van der Waals surface area contributed by atoms with Crippen LogP contribution in [0.15, 0.2) is 0 Å². The van der Waals surface area contributed by atoms with Crippen LogP contribution in [-0.2, 0) is 23.9 Å². The molecule has 1 aliphatic carbocycles. The molecule has 122 valence electrons. The molecule has 1 saturated carbocycles. The molecule has 0 unspecified atom stereocenters. The lowest BCUT2D eigenvalue weighted by Gasteiger charge is -2.28. The Kier molecular flexibility index (Phi) is 4.26. The van der Waals surface area contributed by atoms with Crippen LogP contribution in [0.4, 0.5) is 4.79 Å². The van der Waals surface area contributed by atoms with Crippen molar-refractivity contribution in [2.24, 2.45) is 11.8 Å². The van der Waals surface area contributed by atoms with Gasteiger partial charge >= 0.3 is 12.1 Å². The van der Waals surface area contributed by atoms with Crippen LogP contribution in [0, 0.1) is 11.8 Å². The topological polar surface area (TPSA) is 90.0 Å². The van der Waals surface area contributed by atoms with Crippen molar-refractivity contribution in [3.63, 3.8) is 0 Å². The molecule has 2 amide bonds. The second-order valence-corrected chi connectivity index (χ2v) is 6.71. The van der Waals surface area contributed by atoms with Crippen molar-refractivity contribution in [1.82, 2.24) is 4.90 Å². The Balaban J connectivity index is 2.33. The van der Waals surface area contributed by atoms with Gasteiger partial charge in [0.15, 0.2) is 0 Å². The molecule has 0 N–H and O–H groups in total. The normalized spacial score (nSPS) is 28.4. The maximum absolute atomic E-state index is 12.5. The molecule has 7 nitrogen and oxygen atoms in total. The van der Waals surface area contributed by atoms with E-state index < -0.39 is 41.4 Å². The van der Waals surface area contributed by atoms with E-state index in [9.17, 15) is 19.2 Å². The summed E-state index contributed by atoms with van der Waals surface area (Å²) < 4.78 is 9.95. The zero-order valence-electron chi connectivity index (χ0n) is 13.3. The van der Waals surface area contributed by atoms with Crippen LogP contribution < -0.4 is 0 Å². The second kappa shape index (κ2) is 5.70. The van der Waals surface area contributed by atoms with Gasteiger partial charge in [-0.3, -0.25) is 9.59 Å². The number of hydrogen-bond acceptors (Lipinski definition) is 6. The maximum Gasteiger partial charge on any atom is 0.417 e. The van der Waals surface area contributed by atoms with Gasteiger partial charge in [-0.15, -0.1) is 0 Å². The molecule has 1 heterocycles. The van der Waals surface area contributed by atoms with Gasteiger partial charge in [-0.1, -0.05) is 0 Å². The SMILES string of the molecule is COC(=O)[C@@H]1[C@@H]2CC(=O)CC[C@@H]2C(=O)N1C(=O)OC(C)(C)C. The first-order valence-corrected chi connectivity index (χ1v) is 7.31. The van der Waals surface area contributed by atoms with Gasteiger partial charge in [0.25, 0.3) is 0 Å². The molecule has 0 spiro atoms. The Morgan fingerprint density at radius 2 is 1.86 bits per heavy atom. The molecule has 0 aromatic rings. The molecule has 2 fully saturated rings. The lowest BCUT2D eigenvalue weighted by atomic mass is 9.77. The Hall–Kier alpha value is -1.92. The molecule has 0 aromatic heterocycles. The minimum absolute atomic E-state index is 0.00556. The lowest BCUT2D eigenvalue weighted by molar-refractivity contribution is -0.149. The summed E-state index contributed by atoms with van der Waals surface area (Å²) in [5.74, 6) is -2.18. The Morgan fingerprint density at radius 3 is 2.41 bits per heavy atom. The molecular weight excluding hydrogens is 290 g/mol. The number of methoxy groups -OCH3 is 1. The van der Waals surface area contributed by atoms with Crippen molar-refractivity contribution >= 4 is 23.8 Å². The summed E-state index contributed by atoms with van der Waals surface area (Å²) in [6.07, 6.45) is -0.108. The molecule has 1 aliphatic heterocycles. The van der Waals surface area contributed by atoms with Crippen LogP contribution in [0.3, 0.4) is 0 Å². The summed E-state index contributed by atoms with van der Waals surface area (Å²) in [6.45, 7) is 5.03. The highest BCUT2D eigenvalue weighted by atomic mass is 16.6. The minimum atomic E-state index is -1.08. The number of fused-ring (bicyclic) bond motifs is 1. The molecule has 2 aliphatic rings. The number of carbonyl (C=O) groups is 4. The van der Waals surface area contributed by atoms with E-state index in [4.69, 9.17) is 9.47 Å². The van der Waals surface area contributed by atoms with Crippen LogP contribution in [0.2, 0.25) is 0 Å². The van der Waals surface area contributed by atoms with E-state index >= 15 is 0 Å². The van der Waals surface area contributed by atoms with E-state index in [1.807, 2.05) is 0 Å². The molecule has 22 heavy (non-hydrogen) atoms. The predicted molar refractivity (Wildman–Crippen MR) is 74.7 cm³/mol. The first-order valence-electron chi connectivity index (χ1n) is 7.31. The molecule has 3 atom stereocenters. The molecule has 7 heteroatoms. The van der Waals surface area contributed by atoms with Crippen molar-refractivity contribution in [2.75, 3.05) is 7.11 Å². The molecule has 1 saturated heterocycles. The van der Waals surface area contributed by atoms with Crippen LogP contribution in [0.25, 0.3) is 0 Å². The summed E-state index contributed by atoms with van der Waals surface area (Å²) >= 11 is 0. The number of ketones is 1. The smallest absolute Gasteiger partial charge is 0.417 e. The van der Waals surface area contributed by atoms with Gasteiger partial charge in [0, 0.05) is 24.7 Å². The second-order valence-electron chi connectivity index (χ2n) is 6.71. The van der Waals surface area contributed by atoms with Gasteiger partial charge < -0.3 is 9.47 Å². The highest BCUT2D eigenvalue weighted by Crippen LogP contribution is 2.41. The standard InChI is InChI=1S/C15H21NO6/c1-15(2,3)22-14(20)16-11(13(19)21-4)10-7-8(17)5-6-9(10)12(16)18/h9-11H,5-7H2,1-4H3/t9-,10+,11-/m0/s1. The number of hydrogen-bond donors (Lipinski definition) is 0. The van der Waals surface area contributed by atoms with Crippen LogP contribution >= 0.6 is 0 Å². The number of amides is 2. The minimum Gasteiger partial charge on any atom is -0.467 e. The monoisotopic (exact) mass is 311 g/mol. The quantitative estimate of drug-likeness (QED) is 0.678. The number of esters is 1.